The van der Waals surface area contributed by atoms with Crippen LogP contribution in [-0.4, -0.2) is 22.5 Å². The molecule has 0 saturated carbocycles. The Bertz CT molecular complexity index is 257. The minimum atomic E-state index is -1.26. The summed E-state index contributed by atoms with van der Waals surface area (Å²) in [6.45, 7) is 4.29. The minimum absolute atomic E-state index is 0.579. The van der Waals surface area contributed by atoms with E-state index in [1.54, 1.807) is 0 Å². The Morgan fingerprint density at radius 1 is 1.42 bits per heavy atom. The van der Waals surface area contributed by atoms with Crippen molar-refractivity contribution in [1.29, 1.82) is 0 Å². The molecule has 0 rings (SSSR count). The fourth-order valence-corrected chi connectivity index (χ4v) is 0.482. The van der Waals surface area contributed by atoms with Crippen LogP contribution in [0.25, 0.3) is 0 Å². The maximum atomic E-state index is 10.8. The number of carboxylic acid groups (broad SMARTS) is 1. The predicted molar refractivity (Wildman–Crippen MR) is 43.3 cm³/mol. The predicted octanol–water partition coefficient (Wildman–Crippen LogP) is -0.0109. The quantitative estimate of drug-likeness (QED) is 0.571. The summed E-state index contributed by atoms with van der Waals surface area (Å²) in [4.78, 5) is 21.3. The molecule has 4 nitrogen and oxygen atoms in total. The summed E-state index contributed by atoms with van der Waals surface area (Å²) in [6.07, 6.45) is 0. The highest BCUT2D eigenvalue weighted by molar-refractivity contribution is 5.96. The Hall–Kier alpha value is -1.50. The van der Waals surface area contributed by atoms with Gasteiger partial charge in [-0.15, -0.1) is 0 Å². The lowest BCUT2D eigenvalue weighted by molar-refractivity contribution is -0.145. The van der Waals surface area contributed by atoms with Gasteiger partial charge in [-0.1, -0.05) is 5.92 Å². The van der Waals surface area contributed by atoms with Gasteiger partial charge < -0.3 is 10.4 Å². The first-order valence-corrected chi connectivity index (χ1v) is 3.38. The highest BCUT2D eigenvalue weighted by Crippen LogP contribution is 2.00. The molecule has 0 aliphatic carbocycles. The minimum Gasteiger partial charge on any atom is -0.480 e. The van der Waals surface area contributed by atoms with Crippen LogP contribution in [0.3, 0.4) is 0 Å². The zero-order chi connectivity index (χ0) is 9.78. The molecule has 0 aromatic carbocycles. The second kappa shape index (κ2) is 3.77. The first-order chi connectivity index (χ1) is 5.40. The van der Waals surface area contributed by atoms with Gasteiger partial charge in [0.25, 0.3) is 5.91 Å². The molecule has 0 aliphatic heterocycles. The SMILES string of the molecule is CC#CC(=O)NC(C)(C)C(=O)O. The van der Waals surface area contributed by atoms with Crippen molar-refractivity contribution in [2.75, 3.05) is 0 Å². The zero-order valence-electron chi connectivity index (χ0n) is 7.26. The Labute approximate surface area is 71.0 Å². The summed E-state index contributed by atoms with van der Waals surface area (Å²) in [5.41, 5.74) is -1.26. The molecule has 1 amide bonds. The van der Waals surface area contributed by atoms with Crippen molar-refractivity contribution in [3.63, 3.8) is 0 Å². The topological polar surface area (TPSA) is 66.4 Å². The van der Waals surface area contributed by atoms with E-state index in [0.29, 0.717) is 0 Å². The number of hydrogen-bond acceptors (Lipinski definition) is 2. The average molecular weight is 169 g/mol. The fraction of sp³-hybridized carbons (Fsp3) is 0.500. The van der Waals surface area contributed by atoms with Crippen molar-refractivity contribution in [2.45, 2.75) is 26.3 Å². The molecule has 0 radical (unpaired) electrons. The second-order valence-electron chi connectivity index (χ2n) is 2.76. The summed E-state index contributed by atoms with van der Waals surface area (Å²) in [5.74, 6) is 2.90. The first kappa shape index (κ1) is 10.5. The number of amides is 1. The number of aliphatic carboxylic acids is 1. The maximum absolute atomic E-state index is 10.8. The number of carbonyl (C=O) groups excluding carboxylic acids is 1. The third-order valence-electron chi connectivity index (χ3n) is 1.20. The summed E-state index contributed by atoms with van der Waals surface area (Å²) in [7, 11) is 0. The third kappa shape index (κ3) is 3.06. The lowest BCUT2D eigenvalue weighted by atomic mass is 10.1. The van der Waals surface area contributed by atoms with Gasteiger partial charge in [-0.25, -0.2) is 4.79 Å². The Balaban J connectivity index is 4.32. The van der Waals surface area contributed by atoms with E-state index in [1.165, 1.54) is 20.8 Å². The van der Waals surface area contributed by atoms with Crippen molar-refractivity contribution < 1.29 is 14.7 Å². The third-order valence-corrected chi connectivity index (χ3v) is 1.20. The molecule has 0 spiro atoms. The largest absolute Gasteiger partial charge is 0.480 e. The maximum Gasteiger partial charge on any atom is 0.328 e. The van der Waals surface area contributed by atoms with Crippen molar-refractivity contribution in [1.82, 2.24) is 5.32 Å². The van der Waals surface area contributed by atoms with Crippen LogP contribution in [0.5, 0.6) is 0 Å². The zero-order valence-corrected chi connectivity index (χ0v) is 7.26. The molecule has 0 saturated heterocycles. The van der Waals surface area contributed by atoms with E-state index in [9.17, 15) is 9.59 Å². The number of rotatable bonds is 2. The lowest BCUT2D eigenvalue weighted by Gasteiger charge is -2.18. The molecule has 0 unspecified atom stereocenters. The van der Waals surface area contributed by atoms with E-state index in [-0.39, 0.29) is 0 Å². The Kier molecular flexibility index (Phi) is 3.30. The molecule has 0 aliphatic rings. The van der Waals surface area contributed by atoms with Crippen LogP contribution in [0, 0.1) is 11.8 Å². The van der Waals surface area contributed by atoms with E-state index in [2.05, 4.69) is 17.2 Å². The lowest BCUT2D eigenvalue weighted by Crippen LogP contribution is -2.49. The van der Waals surface area contributed by atoms with E-state index >= 15 is 0 Å². The van der Waals surface area contributed by atoms with Crippen LogP contribution in [0.1, 0.15) is 20.8 Å². The van der Waals surface area contributed by atoms with Crippen molar-refractivity contribution in [3.8, 4) is 11.8 Å². The molecule has 4 heteroatoms. The van der Waals surface area contributed by atoms with Gasteiger partial charge in [0.05, 0.1) is 0 Å². The van der Waals surface area contributed by atoms with Gasteiger partial charge in [-0.05, 0) is 26.7 Å². The van der Waals surface area contributed by atoms with E-state index in [0.717, 1.165) is 0 Å². The van der Waals surface area contributed by atoms with Gasteiger partial charge in [0.15, 0.2) is 0 Å². The molecule has 0 heterocycles. The molecule has 2 N–H and O–H groups in total. The molecule has 0 atom stereocenters. The van der Waals surface area contributed by atoms with E-state index in [4.69, 9.17) is 5.11 Å². The second-order valence-corrected chi connectivity index (χ2v) is 2.76. The Morgan fingerprint density at radius 3 is 2.25 bits per heavy atom. The molecule has 0 fully saturated rings. The fourth-order valence-electron chi connectivity index (χ4n) is 0.482. The van der Waals surface area contributed by atoms with Gasteiger partial charge in [0, 0.05) is 0 Å². The van der Waals surface area contributed by atoms with Crippen LogP contribution in [0.15, 0.2) is 0 Å². The molecule has 12 heavy (non-hydrogen) atoms. The summed E-state index contributed by atoms with van der Waals surface area (Å²) in [5, 5.41) is 10.8. The monoisotopic (exact) mass is 169 g/mol. The smallest absolute Gasteiger partial charge is 0.328 e. The van der Waals surface area contributed by atoms with E-state index in [1.807, 2.05) is 0 Å². The highest BCUT2D eigenvalue weighted by atomic mass is 16.4. The number of carboxylic acids is 1. The standard InChI is InChI=1S/C8H11NO3/c1-4-5-6(10)9-8(2,3)7(11)12/h1-3H3,(H,9,10)(H,11,12). The summed E-state index contributed by atoms with van der Waals surface area (Å²) < 4.78 is 0. The summed E-state index contributed by atoms with van der Waals surface area (Å²) in [6, 6.07) is 0. The van der Waals surface area contributed by atoms with Crippen molar-refractivity contribution >= 4 is 11.9 Å². The van der Waals surface area contributed by atoms with E-state index < -0.39 is 17.4 Å². The molecule has 0 aromatic heterocycles. The van der Waals surface area contributed by atoms with Crippen LogP contribution in [0.4, 0.5) is 0 Å². The molecular formula is C8H11NO3. The highest BCUT2D eigenvalue weighted by Gasteiger charge is 2.28. The molecule has 0 bridgehead atoms. The van der Waals surface area contributed by atoms with Crippen LogP contribution < -0.4 is 5.32 Å². The van der Waals surface area contributed by atoms with Gasteiger partial charge in [0.1, 0.15) is 5.54 Å². The molecular weight excluding hydrogens is 158 g/mol. The number of nitrogens with one attached hydrogen (secondary N) is 1. The van der Waals surface area contributed by atoms with Gasteiger partial charge in [0.2, 0.25) is 0 Å². The van der Waals surface area contributed by atoms with Crippen LogP contribution in [-0.2, 0) is 9.59 Å². The first-order valence-electron chi connectivity index (χ1n) is 3.38. The molecule has 66 valence electrons. The van der Waals surface area contributed by atoms with Crippen molar-refractivity contribution in [2.24, 2.45) is 0 Å². The van der Waals surface area contributed by atoms with Crippen molar-refractivity contribution in [3.05, 3.63) is 0 Å². The van der Waals surface area contributed by atoms with Crippen LogP contribution in [0.2, 0.25) is 0 Å². The van der Waals surface area contributed by atoms with Gasteiger partial charge in [-0.2, -0.15) is 0 Å². The van der Waals surface area contributed by atoms with Gasteiger partial charge in [-0.3, -0.25) is 4.79 Å². The number of carbonyl (C=O) groups is 2. The summed E-state index contributed by atoms with van der Waals surface area (Å²) >= 11 is 0. The van der Waals surface area contributed by atoms with Crippen LogP contribution >= 0.6 is 0 Å². The Morgan fingerprint density at radius 2 is 1.92 bits per heavy atom. The number of hydrogen-bond donors (Lipinski definition) is 2. The molecule has 0 aromatic rings. The van der Waals surface area contributed by atoms with Gasteiger partial charge >= 0.3 is 5.97 Å². The average Bonchev–Trinajstić information content (AvgIpc) is 1.85. The normalized spacial score (nSPS) is 9.58.